The highest BCUT2D eigenvalue weighted by molar-refractivity contribution is 7.80. The molecule has 0 fully saturated rings. The van der Waals surface area contributed by atoms with Crippen LogP contribution in [0.1, 0.15) is 33.7 Å². The quantitative estimate of drug-likeness (QED) is 0.0961. The topological polar surface area (TPSA) is 98.8 Å². The van der Waals surface area contributed by atoms with Crippen LogP contribution in [0.25, 0.3) is 21.8 Å². The molecule has 0 radical (unpaired) electrons. The molecule has 7 nitrogen and oxygen atoms in total. The summed E-state index contributed by atoms with van der Waals surface area (Å²) in [5.74, 6) is 0.00494. The Kier molecular flexibility index (Phi) is 6.53. The average molecular weight is 546 g/mol. The van der Waals surface area contributed by atoms with Crippen molar-refractivity contribution in [3.8, 4) is 0 Å². The number of hydrogen-bond acceptors (Lipinski definition) is 3. The summed E-state index contributed by atoms with van der Waals surface area (Å²) < 4.78 is 0. The number of non-ortho nitro benzene ring substituents is 1. The van der Waals surface area contributed by atoms with E-state index in [4.69, 9.17) is 12.2 Å². The number of fused-ring (bicyclic) bond motifs is 2. The van der Waals surface area contributed by atoms with Gasteiger partial charge in [-0.05, 0) is 78.1 Å². The van der Waals surface area contributed by atoms with Crippen molar-refractivity contribution in [2.24, 2.45) is 0 Å². The minimum atomic E-state index is -0.427. The third kappa shape index (κ3) is 4.69. The molecule has 2 heterocycles. The van der Waals surface area contributed by atoms with Crippen LogP contribution in [0.15, 0.2) is 97.3 Å². The van der Waals surface area contributed by atoms with Gasteiger partial charge < -0.3 is 20.6 Å². The summed E-state index contributed by atoms with van der Waals surface area (Å²) in [4.78, 5) is 17.5. The van der Waals surface area contributed by atoms with E-state index < -0.39 is 4.92 Å². The highest BCUT2D eigenvalue weighted by Gasteiger charge is 2.24. The summed E-state index contributed by atoms with van der Waals surface area (Å²) >= 11 is 5.48. The lowest BCUT2D eigenvalue weighted by Gasteiger charge is -2.18. The van der Waals surface area contributed by atoms with Crippen LogP contribution in [0.3, 0.4) is 0 Å². The second kappa shape index (κ2) is 10.3. The molecule has 0 aliphatic rings. The summed E-state index contributed by atoms with van der Waals surface area (Å²) in [6.45, 7) is 4.25. The zero-order chi connectivity index (χ0) is 27.8. The van der Waals surface area contributed by atoms with E-state index in [1.807, 2.05) is 12.1 Å². The fourth-order valence-electron chi connectivity index (χ4n) is 5.38. The molecular weight excluding hydrogens is 518 g/mol. The number of hydrogen-bond donors (Lipinski definition) is 4. The molecule has 0 unspecified atom stereocenters. The van der Waals surface area contributed by atoms with Crippen LogP contribution in [-0.2, 0) is 0 Å². The summed E-state index contributed by atoms with van der Waals surface area (Å²) in [6, 6.07) is 27.3. The van der Waals surface area contributed by atoms with Gasteiger partial charge in [0.15, 0.2) is 5.11 Å². The molecule has 4 aromatic carbocycles. The van der Waals surface area contributed by atoms with Gasteiger partial charge in [-0.3, -0.25) is 10.1 Å². The van der Waals surface area contributed by atoms with Crippen LogP contribution >= 0.6 is 12.2 Å². The largest absolute Gasteiger partial charge is 0.361 e. The maximum absolute atomic E-state index is 10.9. The van der Waals surface area contributed by atoms with Crippen molar-refractivity contribution in [1.29, 1.82) is 0 Å². The van der Waals surface area contributed by atoms with E-state index in [1.165, 1.54) is 45.2 Å². The molecule has 0 aliphatic carbocycles. The van der Waals surface area contributed by atoms with E-state index in [1.54, 1.807) is 12.1 Å². The molecule has 6 rings (SSSR count). The van der Waals surface area contributed by atoms with Gasteiger partial charge in [0.2, 0.25) is 0 Å². The molecule has 2 aromatic heterocycles. The molecule has 0 aliphatic heterocycles. The molecule has 0 atom stereocenters. The van der Waals surface area contributed by atoms with Gasteiger partial charge >= 0.3 is 0 Å². The van der Waals surface area contributed by atoms with Crippen molar-refractivity contribution < 1.29 is 4.92 Å². The van der Waals surface area contributed by atoms with Crippen molar-refractivity contribution in [2.75, 3.05) is 10.6 Å². The normalized spacial score (nSPS) is 11.3. The fraction of sp³-hybridized carbons (Fsp3) is 0.0938. The number of aromatic amines is 2. The molecule has 198 valence electrons. The minimum absolute atomic E-state index is 0.00494. The molecule has 0 saturated carbocycles. The number of nitrogens with one attached hydrogen (secondary N) is 4. The number of aryl methyl sites for hydroxylation is 2. The Morgan fingerprint density at radius 1 is 0.750 bits per heavy atom. The maximum atomic E-state index is 10.9. The number of nitro groups is 1. The number of thiocarbonyl (C=S) groups is 1. The molecule has 0 bridgehead atoms. The Morgan fingerprint density at radius 3 is 1.70 bits per heavy atom. The summed E-state index contributed by atoms with van der Waals surface area (Å²) in [5, 5.41) is 20.0. The van der Waals surface area contributed by atoms with Gasteiger partial charge in [0.25, 0.3) is 5.69 Å². The van der Waals surface area contributed by atoms with E-state index in [0.717, 1.165) is 22.3 Å². The second-order valence-corrected chi connectivity index (χ2v) is 10.3. The highest BCUT2D eigenvalue weighted by Crippen LogP contribution is 2.40. The number of benzene rings is 4. The summed E-state index contributed by atoms with van der Waals surface area (Å²) in [5.41, 5.74) is 9.87. The lowest BCUT2D eigenvalue weighted by atomic mass is 9.84. The molecule has 0 saturated heterocycles. The van der Waals surface area contributed by atoms with Gasteiger partial charge in [-0.2, -0.15) is 0 Å². The number of anilines is 2. The summed E-state index contributed by atoms with van der Waals surface area (Å²) in [7, 11) is 0. The predicted octanol–water partition coefficient (Wildman–Crippen LogP) is 8.16. The third-order valence-electron chi connectivity index (χ3n) is 7.37. The first-order valence-electron chi connectivity index (χ1n) is 12.9. The predicted molar refractivity (Wildman–Crippen MR) is 166 cm³/mol. The molecule has 40 heavy (non-hydrogen) atoms. The monoisotopic (exact) mass is 545 g/mol. The molecule has 4 N–H and O–H groups in total. The lowest BCUT2D eigenvalue weighted by molar-refractivity contribution is -0.384. The molecule has 8 heteroatoms. The molecular formula is C32H27N5O2S. The van der Waals surface area contributed by atoms with Gasteiger partial charge in [-0.15, -0.1) is 0 Å². The van der Waals surface area contributed by atoms with Gasteiger partial charge in [0, 0.05) is 63.6 Å². The van der Waals surface area contributed by atoms with Crippen molar-refractivity contribution in [3.05, 3.63) is 135 Å². The fourth-order valence-corrected chi connectivity index (χ4v) is 5.61. The molecule has 6 aromatic rings. The highest BCUT2D eigenvalue weighted by atomic mass is 32.1. The Hall–Kier alpha value is -4.95. The van der Waals surface area contributed by atoms with Crippen molar-refractivity contribution in [3.63, 3.8) is 0 Å². The first-order chi connectivity index (χ1) is 19.4. The zero-order valence-electron chi connectivity index (χ0n) is 22.0. The van der Waals surface area contributed by atoms with Crippen molar-refractivity contribution >= 4 is 56.2 Å². The number of nitrogens with zero attached hydrogens (tertiary/aromatic N) is 1. The third-order valence-corrected chi connectivity index (χ3v) is 7.58. The maximum Gasteiger partial charge on any atom is 0.269 e. The van der Waals surface area contributed by atoms with E-state index in [0.29, 0.717) is 10.8 Å². The lowest BCUT2D eigenvalue weighted by Crippen LogP contribution is -2.19. The Labute approximate surface area is 236 Å². The number of aromatic nitrogens is 2. The Morgan fingerprint density at radius 2 is 1.23 bits per heavy atom. The number of para-hydroxylation sites is 2. The first-order valence-corrected chi connectivity index (χ1v) is 13.4. The van der Waals surface area contributed by atoms with Crippen LogP contribution in [0, 0.1) is 24.0 Å². The Balaban J connectivity index is 1.33. The number of nitro benzene ring substituents is 1. The van der Waals surface area contributed by atoms with E-state index in [9.17, 15) is 10.1 Å². The Bertz CT molecular complexity index is 1790. The van der Waals surface area contributed by atoms with E-state index in [2.05, 4.69) is 95.4 Å². The van der Waals surface area contributed by atoms with E-state index >= 15 is 0 Å². The van der Waals surface area contributed by atoms with Gasteiger partial charge in [0.05, 0.1) is 4.92 Å². The van der Waals surface area contributed by atoms with Crippen LogP contribution in [-0.4, -0.2) is 20.0 Å². The van der Waals surface area contributed by atoms with Crippen LogP contribution in [0.5, 0.6) is 0 Å². The first kappa shape index (κ1) is 25.3. The summed E-state index contributed by atoms with van der Waals surface area (Å²) in [6.07, 6.45) is 4.26. The smallest absolute Gasteiger partial charge is 0.269 e. The molecule has 0 spiro atoms. The number of H-pyrrole nitrogens is 2. The second-order valence-electron chi connectivity index (χ2n) is 9.92. The van der Waals surface area contributed by atoms with Crippen LogP contribution < -0.4 is 10.6 Å². The van der Waals surface area contributed by atoms with Crippen LogP contribution in [0.2, 0.25) is 0 Å². The van der Waals surface area contributed by atoms with E-state index in [-0.39, 0.29) is 11.6 Å². The van der Waals surface area contributed by atoms with Gasteiger partial charge in [-0.25, -0.2) is 0 Å². The zero-order valence-corrected chi connectivity index (χ0v) is 22.8. The van der Waals surface area contributed by atoms with Gasteiger partial charge in [0.1, 0.15) is 0 Å². The van der Waals surface area contributed by atoms with Crippen molar-refractivity contribution in [1.82, 2.24) is 9.97 Å². The standard InChI is InChI=1S/C32H27N5O2S/c1-19-5-3-7-25-27(17-33-30(19)25)29(28-18-34-31-20(2)6-4-8-26(28)31)21-9-11-22(12-10-21)35-32(40)36-23-13-15-24(16-14-23)37(38)39/h3-18,29,33-34H,1-2H3,(H2,35,36,40). The number of rotatable bonds is 6. The SMILES string of the molecule is Cc1cccc2c(C(c3ccc(NC(=S)Nc4ccc([N+](=O)[O-])cc4)cc3)c3c[nH]c4c(C)cccc34)c[nH]c12. The van der Waals surface area contributed by atoms with Crippen LogP contribution in [0.4, 0.5) is 17.1 Å². The van der Waals surface area contributed by atoms with Gasteiger partial charge in [-0.1, -0.05) is 48.5 Å². The minimum Gasteiger partial charge on any atom is -0.361 e. The average Bonchev–Trinajstić information content (AvgIpc) is 3.57. The molecule has 0 amide bonds. The van der Waals surface area contributed by atoms with Crippen molar-refractivity contribution in [2.45, 2.75) is 19.8 Å².